The minimum Gasteiger partial charge on any atom is -0.338 e. The molecule has 1 aliphatic rings. The van der Waals surface area contributed by atoms with Crippen LogP contribution in [0.3, 0.4) is 0 Å². The van der Waals surface area contributed by atoms with E-state index in [0.717, 1.165) is 41.8 Å². The number of aromatic nitrogens is 2. The summed E-state index contributed by atoms with van der Waals surface area (Å²) in [6.45, 7) is 4.29. The van der Waals surface area contributed by atoms with Crippen LogP contribution in [-0.2, 0) is 17.9 Å². The highest BCUT2D eigenvalue weighted by molar-refractivity contribution is 5.81. The molecule has 0 saturated carbocycles. The van der Waals surface area contributed by atoms with Crippen molar-refractivity contribution in [3.63, 3.8) is 0 Å². The number of carbonyl (C=O) groups is 1. The van der Waals surface area contributed by atoms with Gasteiger partial charge in [0.05, 0.1) is 11.0 Å². The zero-order valence-electron chi connectivity index (χ0n) is 15.6. The number of nitrogens with zero attached hydrogens (tertiary/aromatic N) is 3. The molecule has 4 rings (SSSR count). The summed E-state index contributed by atoms with van der Waals surface area (Å²) in [7, 11) is 0. The highest BCUT2D eigenvalue weighted by Gasteiger charge is 2.33. The van der Waals surface area contributed by atoms with Crippen molar-refractivity contribution in [2.24, 2.45) is 0 Å². The quantitative estimate of drug-likeness (QED) is 0.645. The fourth-order valence-corrected chi connectivity index (χ4v) is 3.87. The molecule has 1 fully saturated rings. The summed E-state index contributed by atoms with van der Waals surface area (Å²) in [4.78, 5) is 19.3. The van der Waals surface area contributed by atoms with Gasteiger partial charge >= 0.3 is 0 Å². The monoisotopic (exact) mass is 365 g/mol. The molecule has 1 saturated heterocycles. The number of unbranched alkanes of at least 4 members (excludes halogenated alkanes) is 1. The molecule has 27 heavy (non-hydrogen) atoms. The molecule has 5 heteroatoms. The number of halogens is 1. The van der Waals surface area contributed by atoms with Crippen molar-refractivity contribution in [1.82, 2.24) is 14.5 Å². The summed E-state index contributed by atoms with van der Waals surface area (Å²) in [5, 5.41) is 0. The van der Waals surface area contributed by atoms with Gasteiger partial charge in [0.1, 0.15) is 11.6 Å². The SMILES string of the molecule is CCCCn1c([C@H]2CC(=O)N(Cc3ccc(F)cc3)C2)nc2ccccc21. The van der Waals surface area contributed by atoms with Gasteiger partial charge < -0.3 is 9.47 Å². The number of carbonyl (C=O) groups excluding carboxylic acids is 1. The summed E-state index contributed by atoms with van der Waals surface area (Å²) in [6.07, 6.45) is 2.69. The molecule has 2 heterocycles. The molecule has 140 valence electrons. The van der Waals surface area contributed by atoms with E-state index >= 15 is 0 Å². The van der Waals surface area contributed by atoms with Crippen LogP contribution in [0.5, 0.6) is 0 Å². The van der Waals surface area contributed by atoms with Gasteiger partial charge in [-0.15, -0.1) is 0 Å². The van der Waals surface area contributed by atoms with Crippen LogP contribution in [0.25, 0.3) is 11.0 Å². The van der Waals surface area contributed by atoms with E-state index in [1.165, 1.54) is 12.1 Å². The Morgan fingerprint density at radius 1 is 1.15 bits per heavy atom. The van der Waals surface area contributed by atoms with E-state index in [4.69, 9.17) is 4.98 Å². The van der Waals surface area contributed by atoms with Gasteiger partial charge in [0, 0.05) is 32.0 Å². The van der Waals surface area contributed by atoms with Crippen molar-refractivity contribution in [2.45, 2.75) is 45.2 Å². The van der Waals surface area contributed by atoms with Gasteiger partial charge in [-0.25, -0.2) is 9.37 Å². The maximum Gasteiger partial charge on any atom is 0.223 e. The van der Waals surface area contributed by atoms with Crippen LogP contribution < -0.4 is 0 Å². The molecule has 1 aromatic heterocycles. The molecule has 0 spiro atoms. The van der Waals surface area contributed by atoms with Crippen LogP contribution in [0, 0.1) is 5.82 Å². The Hall–Kier alpha value is -2.69. The van der Waals surface area contributed by atoms with Gasteiger partial charge in [-0.1, -0.05) is 37.6 Å². The van der Waals surface area contributed by atoms with Gasteiger partial charge in [-0.3, -0.25) is 4.79 Å². The van der Waals surface area contributed by atoms with E-state index in [1.807, 2.05) is 23.1 Å². The molecule has 0 N–H and O–H groups in total. The number of benzene rings is 2. The van der Waals surface area contributed by atoms with Crippen molar-refractivity contribution in [1.29, 1.82) is 0 Å². The zero-order chi connectivity index (χ0) is 18.8. The first kappa shape index (κ1) is 17.7. The molecule has 0 radical (unpaired) electrons. The van der Waals surface area contributed by atoms with Crippen molar-refractivity contribution in [3.05, 3.63) is 65.7 Å². The molecule has 0 bridgehead atoms. The predicted molar refractivity (Wildman–Crippen MR) is 104 cm³/mol. The summed E-state index contributed by atoms with van der Waals surface area (Å²) in [5.74, 6) is 0.995. The van der Waals surface area contributed by atoms with Crippen molar-refractivity contribution < 1.29 is 9.18 Å². The molecule has 1 aliphatic heterocycles. The van der Waals surface area contributed by atoms with Crippen molar-refractivity contribution in [3.8, 4) is 0 Å². The Morgan fingerprint density at radius 3 is 2.70 bits per heavy atom. The van der Waals surface area contributed by atoms with E-state index in [1.54, 1.807) is 12.1 Å². The van der Waals surface area contributed by atoms with Crippen molar-refractivity contribution in [2.75, 3.05) is 6.54 Å². The standard InChI is InChI=1S/C22H24FN3O/c1-2-3-12-26-20-7-5-4-6-19(20)24-22(26)17-13-21(27)25(15-17)14-16-8-10-18(23)11-9-16/h4-11,17H,2-3,12-15H2,1H3/t17-/m0/s1. The number of aryl methyl sites for hydroxylation is 1. The highest BCUT2D eigenvalue weighted by Crippen LogP contribution is 2.31. The first-order chi connectivity index (χ1) is 13.2. The number of para-hydroxylation sites is 2. The molecular weight excluding hydrogens is 341 g/mol. The summed E-state index contributed by atoms with van der Waals surface area (Å²) in [5.41, 5.74) is 3.09. The molecule has 0 aliphatic carbocycles. The lowest BCUT2D eigenvalue weighted by Crippen LogP contribution is -2.24. The number of rotatable bonds is 6. The van der Waals surface area contributed by atoms with E-state index < -0.39 is 0 Å². The molecule has 1 atom stereocenters. The van der Waals surface area contributed by atoms with Crippen LogP contribution in [0.4, 0.5) is 4.39 Å². The Bertz CT molecular complexity index is 948. The van der Waals surface area contributed by atoms with Gasteiger partial charge in [0.15, 0.2) is 0 Å². The number of hydrogen-bond acceptors (Lipinski definition) is 2. The lowest BCUT2D eigenvalue weighted by atomic mass is 10.1. The number of hydrogen-bond donors (Lipinski definition) is 0. The molecule has 1 amide bonds. The molecule has 0 unspecified atom stereocenters. The predicted octanol–water partition coefficient (Wildman–Crippen LogP) is 4.49. The molecule has 4 nitrogen and oxygen atoms in total. The normalized spacial score (nSPS) is 17.2. The van der Waals surface area contributed by atoms with Gasteiger partial charge in [0.2, 0.25) is 5.91 Å². The Morgan fingerprint density at radius 2 is 1.93 bits per heavy atom. The fraction of sp³-hybridized carbons (Fsp3) is 0.364. The molecular formula is C22H24FN3O. The van der Waals surface area contributed by atoms with E-state index in [-0.39, 0.29) is 17.6 Å². The van der Waals surface area contributed by atoms with Crippen LogP contribution in [0.15, 0.2) is 48.5 Å². The second-order valence-corrected chi connectivity index (χ2v) is 7.27. The summed E-state index contributed by atoms with van der Waals surface area (Å²) < 4.78 is 15.4. The fourth-order valence-electron chi connectivity index (χ4n) is 3.87. The van der Waals surface area contributed by atoms with E-state index in [9.17, 15) is 9.18 Å². The molecule has 3 aromatic rings. The Labute approximate surface area is 158 Å². The number of likely N-dealkylation sites (tertiary alicyclic amines) is 1. The van der Waals surface area contributed by atoms with Crippen LogP contribution in [0.2, 0.25) is 0 Å². The van der Waals surface area contributed by atoms with E-state index in [2.05, 4.69) is 17.6 Å². The minimum absolute atomic E-state index is 0.0993. The highest BCUT2D eigenvalue weighted by atomic mass is 19.1. The second kappa shape index (κ2) is 7.51. The lowest BCUT2D eigenvalue weighted by molar-refractivity contribution is -0.128. The molecule has 2 aromatic carbocycles. The maximum absolute atomic E-state index is 13.1. The van der Waals surface area contributed by atoms with Gasteiger partial charge in [-0.2, -0.15) is 0 Å². The average molecular weight is 365 g/mol. The Balaban J connectivity index is 1.58. The number of imidazole rings is 1. The third kappa shape index (κ3) is 3.59. The van der Waals surface area contributed by atoms with Gasteiger partial charge in [0.25, 0.3) is 0 Å². The topological polar surface area (TPSA) is 38.1 Å². The smallest absolute Gasteiger partial charge is 0.223 e. The number of amides is 1. The second-order valence-electron chi connectivity index (χ2n) is 7.27. The van der Waals surface area contributed by atoms with Crippen LogP contribution >= 0.6 is 0 Å². The number of fused-ring (bicyclic) bond motifs is 1. The van der Waals surface area contributed by atoms with E-state index in [0.29, 0.717) is 19.5 Å². The third-order valence-corrected chi connectivity index (χ3v) is 5.29. The first-order valence-electron chi connectivity index (χ1n) is 9.63. The lowest BCUT2D eigenvalue weighted by Gasteiger charge is -2.17. The summed E-state index contributed by atoms with van der Waals surface area (Å²) in [6, 6.07) is 14.6. The first-order valence-corrected chi connectivity index (χ1v) is 9.63. The van der Waals surface area contributed by atoms with Crippen molar-refractivity contribution >= 4 is 16.9 Å². The average Bonchev–Trinajstić information content (AvgIpc) is 3.22. The van der Waals surface area contributed by atoms with Gasteiger partial charge in [-0.05, 0) is 36.2 Å². The van der Waals surface area contributed by atoms with Crippen LogP contribution in [-0.4, -0.2) is 26.9 Å². The zero-order valence-corrected chi connectivity index (χ0v) is 15.6. The maximum atomic E-state index is 13.1. The third-order valence-electron chi connectivity index (χ3n) is 5.29. The van der Waals surface area contributed by atoms with Crippen LogP contribution in [0.1, 0.15) is 43.5 Å². The minimum atomic E-state index is -0.256. The largest absolute Gasteiger partial charge is 0.338 e. The summed E-state index contributed by atoms with van der Waals surface area (Å²) >= 11 is 0. The Kier molecular flexibility index (Phi) is 4.92.